The van der Waals surface area contributed by atoms with Crippen molar-refractivity contribution in [3.8, 4) is 17.5 Å². The minimum absolute atomic E-state index is 0.0345. The number of allylic oxidation sites excluding steroid dienone is 4. The lowest BCUT2D eigenvalue weighted by Gasteiger charge is -2.18. The molecule has 5 nitrogen and oxygen atoms in total. The topological polar surface area (TPSA) is 87.1 Å². The predicted octanol–water partition coefficient (Wildman–Crippen LogP) is 3.78. The normalized spacial score (nSPS) is 19.9. The summed E-state index contributed by atoms with van der Waals surface area (Å²) in [6.45, 7) is 2.02. The van der Waals surface area contributed by atoms with Crippen LogP contribution < -0.4 is 0 Å². The van der Waals surface area contributed by atoms with Gasteiger partial charge in [0.25, 0.3) is 0 Å². The third-order valence-corrected chi connectivity index (χ3v) is 3.84. The average molecular weight is 306 g/mol. The Labute approximate surface area is 133 Å². The minimum atomic E-state index is -0.989. The van der Waals surface area contributed by atoms with Crippen molar-refractivity contribution in [1.82, 2.24) is 4.98 Å². The number of carboxylic acids is 1. The van der Waals surface area contributed by atoms with Crippen molar-refractivity contribution in [2.24, 2.45) is 5.92 Å². The molecule has 0 bridgehead atoms. The number of aromatic nitrogens is 1. The smallest absolute Gasteiger partial charge is 0.335 e. The molecule has 1 aromatic carbocycles. The summed E-state index contributed by atoms with van der Waals surface area (Å²) < 4.78 is 5.52. The molecular formula is C18H14N2O3. The van der Waals surface area contributed by atoms with Crippen molar-refractivity contribution in [1.29, 1.82) is 5.26 Å². The molecule has 1 aromatic heterocycles. The van der Waals surface area contributed by atoms with E-state index in [-0.39, 0.29) is 17.4 Å². The van der Waals surface area contributed by atoms with Gasteiger partial charge in [0.05, 0.1) is 17.3 Å². The molecule has 23 heavy (non-hydrogen) atoms. The number of benzene rings is 1. The Morgan fingerprint density at radius 2 is 2.26 bits per heavy atom. The summed E-state index contributed by atoms with van der Waals surface area (Å²) in [7, 11) is 0. The van der Waals surface area contributed by atoms with Gasteiger partial charge in [-0.15, -0.1) is 0 Å². The molecule has 0 fully saturated rings. The van der Waals surface area contributed by atoms with E-state index >= 15 is 0 Å². The fourth-order valence-corrected chi connectivity index (χ4v) is 2.62. The number of carbonyl (C=O) groups is 1. The maximum absolute atomic E-state index is 11.0. The minimum Gasteiger partial charge on any atom is -0.478 e. The van der Waals surface area contributed by atoms with E-state index in [9.17, 15) is 4.79 Å². The molecule has 1 aliphatic carbocycles. The first-order chi connectivity index (χ1) is 11.1. The Hall–Kier alpha value is -3.13. The maximum atomic E-state index is 11.0. The third kappa shape index (κ3) is 2.92. The SMILES string of the molecule is CC1C=C(C#N)C=CC1c1coc(-c2cccc(C(=O)O)c2)n1. The first-order valence-electron chi connectivity index (χ1n) is 7.18. The average Bonchev–Trinajstić information content (AvgIpc) is 3.04. The van der Waals surface area contributed by atoms with Gasteiger partial charge in [-0.05, 0) is 30.2 Å². The molecule has 1 aliphatic rings. The van der Waals surface area contributed by atoms with Crippen LogP contribution in [0.5, 0.6) is 0 Å². The summed E-state index contributed by atoms with van der Waals surface area (Å²) in [5, 5.41) is 18.0. The zero-order chi connectivity index (χ0) is 16.4. The van der Waals surface area contributed by atoms with Gasteiger partial charge >= 0.3 is 5.97 Å². The summed E-state index contributed by atoms with van der Waals surface area (Å²) in [5.74, 6) is -0.430. The van der Waals surface area contributed by atoms with Crippen molar-refractivity contribution in [2.75, 3.05) is 0 Å². The summed E-state index contributed by atoms with van der Waals surface area (Å²) in [5.41, 5.74) is 2.22. The zero-order valence-electron chi connectivity index (χ0n) is 12.4. The Morgan fingerprint density at radius 3 is 2.96 bits per heavy atom. The van der Waals surface area contributed by atoms with Crippen molar-refractivity contribution in [3.05, 3.63) is 65.6 Å². The molecule has 0 aliphatic heterocycles. The van der Waals surface area contributed by atoms with Crippen molar-refractivity contribution < 1.29 is 14.3 Å². The Morgan fingerprint density at radius 1 is 1.43 bits per heavy atom. The highest BCUT2D eigenvalue weighted by Gasteiger charge is 2.22. The predicted molar refractivity (Wildman–Crippen MR) is 83.6 cm³/mol. The first kappa shape index (κ1) is 14.8. The van der Waals surface area contributed by atoms with Gasteiger partial charge in [0, 0.05) is 17.1 Å². The standard InChI is InChI=1S/C18H14N2O3/c1-11-7-12(9-19)5-6-15(11)16-10-23-17(20-16)13-3-2-4-14(8-13)18(21)22/h2-8,10-11,15H,1H3,(H,21,22). The molecule has 114 valence electrons. The van der Waals surface area contributed by atoms with Gasteiger partial charge in [-0.25, -0.2) is 9.78 Å². The molecule has 0 amide bonds. The van der Waals surface area contributed by atoms with Crippen molar-refractivity contribution >= 4 is 5.97 Å². The molecule has 2 unspecified atom stereocenters. The van der Waals surface area contributed by atoms with Gasteiger partial charge in [0.15, 0.2) is 0 Å². The lowest BCUT2D eigenvalue weighted by Crippen LogP contribution is -2.09. The van der Waals surface area contributed by atoms with Gasteiger partial charge in [0.1, 0.15) is 6.26 Å². The fraction of sp³-hybridized carbons (Fsp3) is 0.167. The molecule has 1 N–H and O–H groups in total. The highest BCUT2D eigenvalue weighted by atomic mass is 16.4. The Kier molecular flexibility index (Phi) is 3.82. The molecule has 2 atom stereocenters. The van der Waals surface area contributed by atoms with Gasteiger partial charge < -0.3 is 9.52 Å². The number of carboxylic acid groups (broad SMARTS) is 1. The van der Waals surface area contributed by atoms with Gasteiger partial charge in [-0.3, -0.25) is 0 Å². The Balaban J connectivity index is 1.89. The van der Waals surface area contributed by atoms with Crippen LogP contribution in [-0.4, -0.2) is 16.1 Å². The monoisotopic (exact) mass is 306 g/mol. The van der Waals surface area contributed by atoms with Crippen LogP contribution in [-0.2, 0) is 0 Å². The molecule has 5 heteroatoms. The van der Waals surface area contributed by atoms with Crippen LogP contribution in [0.2, 0.25) is 0 Å². The van der Waals surface area contributed by atoms with Crippen LogP contribution in [0.1, 0.15) is 28.9 Å². The lowest BCUT2D eigenvalue weighted by molar-refractivity contribution is 0.0697. The van der Waals surface area contributed by atoms with Crippen LogP contribution in [0.15, 0.2) is 58.7 Å². The first-order valence-corrected chi connectivity index (χ1v) is 7.18. The van der Waals surface area contributed by atoms with Crippen molar-refractivity contribution in [3.63, 3.8) is 0 Å². The van der Waals surface area contributed by atoms with Crippen LogP contribution in [0.3, 0.4) is 0 Å². The number of hydrogen-bond acceptors (Lipinski definition) is 4. The van der Waals surface area contributed by atoms with Gasteiger partial charge in [-0.1, -0.05) is 25.1 Å². The summed E-state index contributed by atoms with van der Waals surface area (Å²) in [6, 6.07) is 8.61. The quantitative estimate of drug-likeness (QED) is 0.932. The van der Waals surface area contributed by atoms with E-state index in [1.807, 2.05) is 19.1 Å². The molecule has 0 radical (unpaired) electrons. The number of rotatable bonds is 3. The Bertz CT molecular complexity index is 855. The molecule has 0 spiro atoms. The van der Waals surface area contributed by atoms with E-state index in [0.717, 1.165) is 5.69 Å². The van der Waals surface area contributed by atoms with Crippen molar-refractivity contribution in [2.45, 2.75) is 12.8 Å². The second kappa shape index (κ2) is 5.93. The van der Waals surface area contributed by atoms with E-state index in [1.54, 1.807) is 24.5 Å². The number of hydrogen-bond donors (Lipinski definition) is 1. The second-order valence-electron chi connectivity index (χ2n) is 5.44. The molecule has 2 aromatic rings. The van der Waals surface area contributed by atoms with E-state index < -0.39 is 5.97 Å². The fourth-order valence-electron chi connectivity index (χ4n) is 2.62. The maximum Gasteiger partial charge on any atom is 0.335 e. The largest absolute Gasteiger partial charge is 0.478 e. The molecule has 0 saturated heterocycles. The summed E-state index contributed by atoms with van der Waals surface area (Å²) >= 11 is 0. The molecular weight excluding hydrogens is 292 g/mol. The van der Waals surface area contributed by atoms with E-state index in [4.69, 9.17) is 14.8 Å². The summed E-state index contributed by atoms with van der Waals surface area (Å²) in [4.78, 5) is 15.5. The van der Waals surface area contributed by atoms with Crippen LogP contribution >= 0.6 is 0 Å². The number of aromatic carboxylic acids is 1. The van der Waals surface area contributed by atoms with E-state index in [2.05, 4.69) is 11.1 Å². The number of nitrogens with zero attached hydrogens (tertiary/aromatic N) is 2. The highest BCUT2D eigenvalue weighted by Crippen LogP contribution is 2.32. The molecule has 1 heterocycles. The van der Waals surface area contributed by atoms with Gasteiger partial charge in [0.2, 0.25) is 5.89 Å². The number of nitriles is 1. The van der Waals surface area contributed by atoms with E-state index in [0.29, 0.717) is 17.0 Å². The van der Waals surface area contributed by atoms with Crippen LogP contribution in [0.4, 0.5) is 0 Å². The van der Waals surface area contributed by atoms with E-state index in [1.165, 1.54) is 12.1 Å². The molecule has 0 saturated carbocycles. The van der Waals surface area contributed by atoms with Gasteiger partial charge in [-0.2, -0.15) is 5.26 Å². The molecule has 3 rings (SSSR count). The third-order valence-electron chi connectivity index (χ3n) is 3.84. The van der Waals surface area contributed by atoms with Crippen LogP contribution in [0.25, 0.3) is 11.5 Å². The highest BCUT2D eigenvalue weighted by molar-refractivity contribution is 5.88. The zero-order valence-corrected chi connectivity index (χ0v) is 12.4. The number of oxazole rings is 1. The lowest BCUT2D eigenvalue weighted by atomic mass is 9.85. The second-order valence-corrected chi connectivity index (χ2v) is 5.44. The van der Waals surface area contributed by atoms with Crippen LogP contribution in [0, 0.1) is 17.2 Å². The summed E-state index contributed by atoms with van der Waals surface area (Å²) in [6.07, 6.45) is 7.21.